The predicted octanol–water partition coefficient (Wildman–Crippen LogP) is 4.29. The predicted molar refractivity (Wildman–Crippen MR) is 72.5 cm³/mol. The Hall–Kier alpha value is -0.340. The van der Waals surface area contributed by atoms with Gasteiger partial charge in [0.1, 0.15) is 0 Å². The van der Waals surface area contributed by atoms with Crippen LogP contribution in [0.1, 0.15) is 45.2 Å². The first-order valence-corrected chi connectivity index (χ1v) is 6.82. The number of rotatable bonds is 4. The number of benzene rings is 1. The standard InChI is InChI=1S/C14H20BrN/c1-10(12-5-4-6-13(15)9-12)16-11(2)14(3)7-8-14/h4-6,9-11,16H,7-8H2,1-3H3/t10-,11?/m0/s1. The van der Waals surface area contributed by atoms with E-state index in [2.05, 4.69) is 66.3 Å². The van der Waals surface area contributed by atoms with E-state index in [9.17, 15) is 0 Å². The number of nitrogens with one attached hydrogen (secondary N) is 1. The maximum absolute atomic E-state index is 3.70. The normalized spacial score (nSPS) is 21.5. The molecule has 0 amide bonds. The fourth-order valence-electron chi connectivity index (χ4n) is 2.08. The lowest BCUT2D eigenvalue weighted by molar-refractivity contribution is 0.350. The van der Waals surface area contributed by atoms with Gasteiger partial charge in [-0.2, -0.15) is 0 Å². The summed E-state index contributed by atoms with van der Waals surface area (Å²) < 4.78 is 1.16. The van der Waals surface area contributed by atoms with Crippen LogP contribution in [0.4, 0.5) is 0 Å². The van der Waals surface area contributed by atoms with E-state index in [0.29, 0.717) is 17.5 Å². The van der Waals surface area contributed by atoms with E-state index >= 15 is 0 Å². The lowest BCUT2D eigenvalue weighted by Gasteiger charge is -2.25. The zero-order valence-electron chi connectivity index (χ0n) is 10.3. The molecular formula is C14H20BrN. The average molecular weight is 282 g/mol. The molecule has 0 aromatic heterocycles. The molecule has 0 saturated heterocycles. The van der Waals surface area contributed by atoms with Gasteiger partial charge in [0.25, 0.3) is 0 Å². The van der Waals surface area contributed by atoms with Crippen molar-refractivity contribution in [1.82, 2.24) is 5.32 Å². The van der Waals surface area contributed by atoms with E-state index in [1.54, 1.807) is 0 Å². The molecule has 0 aliphatic heterocycles. The smallest absolute Gasteiger partial charge is 0.0294 e. The second kappa shape index (κ2) is 4.50. The largest absolute Gasteiger partial charge is 0.307 e. The van der Waals surface area contributed by atoms with Gasteiger partial charge in [-0.3, -0.25) is 0 Å². The summed E-state index contributed by atoms with van der Waals surface area (Å²) in [5.74, 6) is 0. The molecule has 0 spiro atoms. The molecule has 0 bridgehead atoms. The second-order valence-corrected chi connectivity index (χ2v) is 6.23. The van der Waals surface area contributed by atoms with Crippen molar-refractivity contribution >= 4 is 15.9 Å². The molecule has 1 saturated carbocycles. The molecule has 1 fully saturated rings. The average Bonchev–Trinajstić information content (AvgIpc) is 2.98. The molecule has 1 N–H and O–H groups in total. The maximum atomic E-state index is 3.70. The van der Waals surface area contributed by atoms with Crippen LogP contribution >= 0.6 is 15.9 Å². The Balaban J connectivity index is 2.00. The lowest BCUT2D eigenvalue weighted by atomic mass is 9.98. The van der Waals surface area contributed by atoms with Crippen LogP contribution < -0.4 is 5.32 Å². The van der Waals surface area contributed by atoms with Crippen molar-refractivity contribution < 1.29 is 0 Å². The van der Waals surface area contributed by atoms with Crippen molar-refractivity contribution in [3.63, 3.8) is 0 Å². The van der Waals surface area contributed by atoms with Crippen molar-refractivity contribution in [3.8, 4) is 0 Å². The highest BCUT2D eigenvalue weighted by atomic mass is 79.9. The van der Waals surface area contributed by atoms with Gasteiger partial charge in [0, 0.05) is 16.6 Å². The fourth-order valence-corrected chi connectivity index (χ4v) is 2.50. The van der Waals surface area contributed by atoms with Crippen LogP contribution in [0.2, 0.25) is 0 Å². The molecule has 1 nitrogen and oxygen atoms in total. The Morgan fingerprint density at radius 3 is 2.56 bits per heavy atom. The van der Waals surface area contributed by atoms with Crippen molar-refractivity contribution in [2.24, 2.45) is 5.41 Å². The van der Waals surface area contributed by atoms with Crippen LogP contribution in [0.3, 0.4) is 0 Å². The van der Waals surface area contributed by atoms with Crippen LogP contribution in [0, 0.1) is 5.41 Å². The minimum atomic E-state index is 0.421. The SMILES string of the molecule is CC(N[C@@H](C)c1cccc(Br)c1)C1(C)CC1. The third kappa shape index (κ3) is 2.67. The van der Waals surface area contributed by atoms with Gasteiger partial charge in [-0.15, -0.1) is 0 Å². The van der Waals surface area contributed by atoms with Gasteiger partial charge >= 0.3 is 0 Å². The topological polar surface area (TPSA) is 12.0 Å². The van der Waals surface area contributed by atoms with Crippen LogP contribution in [0.15, 0.2) is 28.7 Å². The Labute approximate surface area is 107 Å². The monoisotopic (exact) mass is 281 g/mol. The van der Waals surface area contributed by atoms with Crippen LogP contribution in [-0.2, 0) is 0 Å². The summed E-state index contributed by atoms with van der Waals surface area (Å²) in [5, 5.41) is 3.70. The van der Waals surface area contributed by atoms with E-state index < -0.39 is 0 Å². The van der Waals surface area contributed by atoms with Crippen LogP contribution in [0.5, 0.6) is 0 Å². The summed E-state index contributed by atoms with van der Waals surface area (Å²) in [5.41, 5.74) is 1.89. The number of hydrogen-bond acceptors (Lipinski definition) is 1. The van der Waals surface area contributed by atoms with E-state index in [0.717, 1.165) is 4.47 Å². The summed E-state index contributed by atoms with van der Waals surface area (Å²) in [6.07, 6.45) is 2.73. The van der Waals surface area contributed by atoms with Crippen molar-refractivity contribution in [1.29, 1.82) is 0 Å². The van der Waals surface area contributed by atoms with Crippen molar-refractivity contribution in [2.75, 3.05) is 0 Å². The summed E-state index contributed by atoms with van der Waals surface area (Å²) in [4.78, 5) is 0. The summed E-state index contributed by atoms with van der Waals surface area (Å²) in [7, 11) is 0. The van der Waals surface area contributed by atoms with E-state index in [1.165, 1.54) is 18.4 Å². The van der Waals surface area contributed by atoms with E-state index in [-0.39, 0.29) is 0 Å². The minimum Gasteiger partial charge on any atom is -0.307 e. The zero-order chi connectivity index (χ0) is 11.8. The first-order valence-electron chi connectivity index (χ1n) is 6.03. The second-order valence-electron chi connectivity index (χ2n) is 5.32. The van der Waals surface area contributed by atoms with Gasteiger partial charge in [0.05, 0.1) is 0 Å². The van der Waals surface area contributed by atoms with Crippen LogP contribution in [-0.4, -0.2) is 6.04 Å². The minimum absolute atomic E-state index is 0.421. The zero-order valence-corrected chi connectivity index (χ0v) is 11.8. The Bertz CT molecular complexity index is 371. The molecule has 1 aliphatic carbocycles. The first kappa shape index (κ1) is 12.1. The quantitative estimate of drug-likeness (QED) is 0.868. The molecule has 1 aliphatic rings. The van der Waals surface area contributed by atoms with E-state index in [4.69, 9.17) is 0 Å². The first-order chi connectivity index (χ1) is 7.51. The lowest BCUT2D eigenvalue weighted by Crippen LogP contribution is -2.35. The molecule has 2 atom stereocenters. The summed E-state index contributed by atoms with van der Waals surface area (Å²) >= 11 is 3.52. The molecule has 1 aromatic carbocycles. The van der Waals surface area contributed by atoms with Gasteiger partial charge in [0.2, 0.25) is 0 Å². The van der Waals surface area contributed by atoms with E-state index in [1.807, 2.05) is 0 Å². The van der Waals surface area contributed by atoms with Gasteiger partial charge in [0.15, 0.2) is 0 Å². The fraction of sp³-hybridized carbons (Fsp3) is 0.571. The molecule has 1 unspecified atom stereocenters. The molecule has 1 aromatic rings. The Morgan fingerprint density at radius 1 is 1.31 bits per heavy atom. The molecule has 2 rings (SSSR count). The highest BCUT2D eigenvalue weighted by Crippen LogP contribution is 2.48. The number of halogens is 1. The van der Waals surface area contributed by atoms with Crippen molar-refractivity contribution in [2.45, 2.75) is 45.7 Å². The highest BCUT2D eigenvalue weighted by Gasteiger charge is 2.42. The molecule has 0 heterocycles. The molecule has 88 valence electrons. The van der Waals surface area contributed by atoms with Gasteiger partial charge in [-0.1, -0.05) is 35.0 Å². The number of hydrogen-bond donors (Lipinski definition) is 1. The summed E-state index contributed by atoms with van der Waals surface area (Å²) in [6.45, 7) is 6.92. The van der Waals surface area contributed by atoms with Crippen LogP contribution in [0.25, 0.3) is 0 Å². The third-order valence-corrected chi connectivity index (χ3v) is 4.43. The molecule has 0 radical (unpaired) electrons. The molecule has 2 heteroatoms. The molecular weight excluding hydrogens is 262 g/mol. The maximum Gasteiger partial charge on any atom is 0.0294 e. The van der Waals surface area contributed by atoms with Gasteiger partial charge < -0.3 is 5.32 Å². The Morgan fingerprint density at radius 2 is 2.00 bits per heavy atom. The highest BCUT2D eigenvalue weighted by molar-refractivity contribution is 9.10. The Kier molecular flexibility index (Phi) is 3.41. The van der Waals surface area contributed by atoms with Gasteiger partial charge in [-0.05, 0) is 49.8 Å². The third-order valence-electron chi connectivity index (χ3n) is 3.93. The van der Waals surface area contributed by atoms with Gasteiger partial charge in [-0.25, -0.2) is 0 Å². The molecule has 16 heavy (non-hydrogen) atoms. The summed E-state index contributed by atoms with van der Waals surface area (Å²) in [6, 6.07) is 9.57. The van der Waals surface area contributed by atoms with Crippen molar-refractivity contribution in [3.05, 3.63) is 34.3 Å².